The fourth-order valence-electron chi connectivity index (χ4n) is 3.15. The molecular weight excluding hydrogens is 404 g/mol. The average Bonchev–Trinajstić information content (AvgIpc) is 3.03. The second-order valence-electron chi connectivity index (χ2n) is 6.73. The van der Waals surface area contributed by atoms with Crippen molar-refractivity contribution in [1.29, 1.82) is 0 Å². The highest BCUT2D eigenvalue weighted by atomic mass is 32.2. The van der Waals surface area contributed by atoms with E-state index >= 15 is 0 Å². The van der Waals surface area contributed by atoms with Crippen LogP contribution in [0.3, 0.4) is 0 Å². The van der Waals surface area contributed by atoms with E-state index in [9.17, 15) is 13.2 Å². The van der Waals surface area contributed by atoms with Crippen molar-refractivity contribution in [2.24, 2.45) is 0 Å². The van der Waals surface area contributed by atoms with Crippen molar-refractivity contribution in [2.75, 3.05) is 4.72 Å². The van der Waals surface area contributed by atoms with Gasteiger partial charge in [0.25, 0.3) is 10.0 Å². The van der Waals surface area contributed by atoms with Crippen molar-refractivity contribution in [3.8, 4) is 0 Å². The summed E-state index contributed by atoms with van der Waals surface area (Å²) in [5, 5.41) is 0. The van der Waals surface area contributed by atoms with Gasteiger partial charge in [0.1, 0.15) is 0 Å². The van der Waals surface area contributed by atoms with E-state index in [1.807, 2.05) is 49.4 Å². The molecule has 4 aromatic rings. The zero-order chi connectivity index (χ0) is 20.4. The molecule has 1 aromatic heterocycles. The predicted molar refractivity (Wildman–Crippen MR) is 118 cm³/mol. The first-order valence-corrected chi connectivity index (χ1v) is 11.6. The molecule has 7 heteroatoms. The number of aryl methyl sites for hydroxylation is 1. The van der Waals surface area contributed by atoms with Crippen LogP contribution in [0.4, 0.5) is 5.69 Å². The first-order valence-electron chi connectivity index (χ1n) is 9.25. The Hall–Kier alpha value is -2.90. The fraction of sp³-hybridized carbons (Fsp3) is 0.136. The standard InChI is InChI=1S/C22H20N2O3S2/c1-2-16-8-10-18(11-9-16)23-29(26,27)19-12-13-20-21(14-19)28-22(25)24(20)15-17-6-4-3-5-7-17/h3-14,23H,2,15H2,1H3. The summed E-state index contributed by atoms with van der Waals surface area (Å²) >= 11 is 1.05. The topological polar surface area (TPSA) is 68.2 Å². The molecule has 0 radical (unpaired) electrons. The summed E-state index contributed by atoms with van der Waals surface area (Å²) in [6.07, 6.45) is 0.891. The zero-order valence-corrected chi connectivity index (χ0v) is 17.5. The molecule has 0 amide bonds. The molecular formula is C22H20N2O3S2. The molecule has 0 unspecified atom stereocenters. The molecule has 1 N–H and O–H groups in total. The number of nitrogens with one attached hydrogen (secondary N) is 1. The predicted octanol–water partition coefficient (Wildman–Crippen LogP) is 4.47. The molecule has 0 atom stereocenters. The summed E-state index contributed by atoms with van der Waals surface area (Å²) in [6.45, 7) is 2.50. The molecule has 1 heterocycles. The Bertz CT molecular complexity index is 1310. The van der Waals surface area contributed by atoms with Gasteiger partial charge < -0.3 is 0 Å². The Morgan fingerprint density at radius 1 is 0.931 bits per heavy atom. The van der Waals surface area contributed by atoms with Gasteiger partial charge in [0.05, 0.1) is 21.7 Å². The van der Waals surface area contributed by atoms with Crippen LogP contribution in [-0.4, -0.2) is 13.0 Å². The molecule has 0 fully saturated rings. The lowest BCUT2D eigenvalue weighted by atomic mass is 10.2. The molecule has 0 spiro atoms. The van der Waals surface area contributed by atoms with Gasteiger partial charge in [-0.2, -0.15) is 0 Å². The van der Waals surface area contributed by atoms with Crippen LogP contribution in [-0.2, 0) is 23.0 Å². The van der Waals surface area contributed by atoms with Crippen LogP contribution in [0, 0.1) is 0 Å². The zero-order valence-electron chi connectivity index (χ0n) is 15.8. The Morgan fingerprint density at radius 3 is 2.34 bits per heavy atom. The van der Waals surface area contributed by atoms with E-state index in [-0.39, 0.29) is 9.77 Å². The lowest BCUT2D eigenvalue weighted by molar-refractivity contribution is 0.601. The van der Waals surface area contributed by atoms with E-state index in [1.165, 1.54) is 0 Å². The van der Waals surface area contributed by atoms with Crippen LogP contribution in [0.5, 0.6) is 0 Å². The van der Waals surface area contributed by atoms with Gasteiger partial charge in [-0.15, -0.1) is 0 Å². The second-order valence-corrected chi connectivity index (χ2v) is 9.40. The maximum absolute atomic E-state index is 12.8. The number of anilines is 1. The molecule has 0 saturated carbocycles. The number of benzene rings is 3. The van der Waals surface area contributed by atoms with Gasteiger partial charge in [-0.25, -0.2) is 8.42 Å². The Labute approximate surface area is 173 Å². The highest BCUT2D eigenvalue weighted by Crippen LogP contribution is 2.24. The number of fused-ring (bicyclic) bond motifs is 1. The molecule has 0 aliphatic heterocycles. The van der Waals surface area contributed by atoms with Gasteiger partial charge in [0.15, 0.2) is 0 Å². The van der Waals surface area contributed by atoms with Crippen LogP contribution >= 0.6 is 11.3 Å². The van der Waals surface area contributed by atoms with Crippen molar-refractivity contribution in [3.05, 3.63) is 93.6 Å². The van der Waals surface area contributed by atoms with Gasteiger partial charge in [0.2, 0.25) is 0 Å². The van der Waals surface area contributed by atoms with Crippen molar-refractivity contribution < 1.29 is 8.42 Å². The molecule has 3 aromatic carbocycles. The highest BCUT2D eigenvalue weighted by Gasteiger charge is 2.17. The number of hydrogen-bond acceptors (Lipinski definition) is 4. The highest BCUT2D eigenvalue weighted by molar-refractivity contribution is 7.92. The molecule has 5 nitrogen and oxygen atoms in total. The van der Waals surface area contributed by atoms with E-state index in [4.69, 9.17) is 0 Å². The number of hydrogen-bond donors (Lipinski definition) is 1. The quantitative estimate of drug-likeness (QED) is 0.496. The molecule has 0 aliphatic carbocycles. The number of thiazole rings is 1. The van der Waals surface area contributed by atoms with Crippen LogP contribution in [0.25, 0.3) is 10.2 Å². The minimum absolute atomic E-state index is 0.110. The molecule has 0 saturated heterocycles. The van der Waals surface area contributed by atoms with Crippen molar-refractivity contribution in [2.45, 2.75) is 24.8 Å². The maximum atomic E-state index is 12.8. The fourth-order valence-corrected chi connectivity index (χ4v) is 5.24. The largest absolute Gasteiger partial charge is 0.308 e. The van der Waals surface area contributed by atoms with E-state index < -0.39 is 10.0 Å². The van der Waals surface area contributed by atoms with E-state index in [0.717, 1.165) is 34.4 Å². The summed E-state index contributed by atoms with van der Waals surface area (Å²) in [5.41, 5.74) is 3.40. The summed E-state index contributed by atoms with van der Waals surface area (Å²) in [4.78, 5) is 12.5. The lowest BCUT2D eigenvalue weighted by Gasteiger charge is -2.09. The molecule has 0 aliphatic rings. The van der Waals surface area contributed by atoms with Crippen LogP contribution < -0.4 is 9.60 Å². The Balaban J connectivity index is 1.65. The van der Waals surface area contributed by atoms with E-state index in [0.29, 0.717) is 16.9 Å². The maximum Gasteiger partial charge on any atom is 0.308 e. The van der Waals surface area contributed by atoms with Gasteiger partial charge >= 0.3 is 4.87 Å². The SMILES string of the molecule is CCc1ccc(NS(=O)(=O)c2ccc3c(c2)sc(=O)n3Cc2ccccc2)cc1. The summed E-state index contributed by atoms with van der Waals surface area (Å²) < 4.78 is 30.5. The number of nitrogens with zero attached hydrogens (tertiary/aromatic N) is 1. The summed E-state index contributed by atoms with van der Waals surface area (Å²) in [6, 6.07) is 21.8. The summed E-state index contributed by atoms with van der Waals surface area (Å²) in [5.74, 6) is 0. The van der Waals surface area contributed by atoms with Gasteiger partial charge in [-0.3, -0.25) is 14.1 Å². The minimum atomic E-state index is -3.74. The third kappa shape index (κ3) is 4.11. The van der Waals surface area contributed by atoms with Gasteiger partial charge in [-0.1, -0.05) is 60.7 Å². The minimum Gasteiger partial charge on any atom is -0.294 e. The smallest absolute Gasteiger partial charge is 0.294 e. The number of aromatic nitrogens is 1. The Kier molecular flexibility index (Phi) is 5.25. The van der Waals surface area contributed by atoms with Crippen molar-refractivity contribution >= 4 is 37.3 Å². The molecule has 148 valence electrons. The van der Waals surface area contributed by atoms with E-state index in [2.05, 4.69) is 4.72 Å². The van der Waals surface area contributed by atoms with Crippen LogP contribution in [0.1, 0.15) is 18.1 Å². The Morgan fingerprint density at radius 2 is 1.66 bits per heavy atom. The molecule has 4 rings (SSSR count). The normalized spacial score (nSPS) is 11.6. The first kappa shape index (κ1) is 19.4. The van der Waals surface area contributed by atoms with Gasteiger partial charge in [0, 0.05) is 5.69 Å². The molecule has 29 heavy (non-hydrogen) atoms. The van der Waals surface area contributed by atoms with E-state index in [1.54, 1.807) is 34.9 Å². The lowest BCUT2D eigenvalue weighted by Crippen LogP contribution is -2.14. The van der Waals surface area contributed by atoms with Gasteiger partial charge in [-0.05, 0) is 47.9 Å². The van der Waals surface area contributed by atoms with Crippen LogP contribution in [0.2, 0.25) is 0 Å². The number of rotatable bonds is 6. The third-order valence-electron chi connectivity index (χ3n) is 4.75. The second kappa shape index (κ2) is 7.85. The summed E-state index contributed by atoms with van der Waals surface area (Å²) in [7, 11) is -3.74. The molecule has 0 bridgehead atoms. The van der Waals surface area contributed by atoms with Crippen molar-refractivity contribution in [3.63, 3.8) is 0 Å². The van der Waals surface area contributed by atoms with Crippen LogP contribution in [0.15, 0.2) is 82.5 Å². The number of sulfonamides is 1. The monoisotopic (exact) mass is 424 g/mol. The van der Waals surface area contributed by atoms with Crippen molar-refractivity contribution in [1.82, 2.24) is 4.57 Å². The average molecular weight is 425 g/mol. The third-order valence-corrected chi connectivity index (χ3v) is 7.07. The first-order chi connectivity index (χ1) is 14.0.